The molecule has 1 rings (SSSR count). The zero-order valence-corrected chi connectivity index (χ0v) is 10.2. The van der Waals surface area contributed by atoms with Crippen molar-refractivity contribution < 1.29 is 4.79 Å². The second-order valence-corrected chi connectivity index (χ2v) is 5.07. The van der Waals surface area contributed by atoms with Crippen LogP contribution in [-0.2, 0) is 4.79 Å². The second kappa shape index (κ2) is 4.97. The van der Waals surface area contributed by atoms with Crippen LogP contribution in [0.1, 0.15) is 46.5 Å². The fourth-order valence-corrected chi connectivity index (χ4v) is 2.01. The van der Waals surface area contributed by atoms with Crippen molar-refractivity contribution >= 4 is 5.91 Å². The summed E-state index contributed by atoms with van der Waals surface area (Å²) in [5.41, 5.74) is 5.59. The molecule has 0 bridgehead atoms. The lowest BCUT2D eigenvalue weighted by Crippen LogP contribution is -2.54. The monoisotopic (exact) mass is 212 g/mol. The van der Waals surface area contributed by atoms with Crippen molar-refractivity contribution in [3.63, 3.8) is 0 Å². The summed E-state index contributed by atoms with van der Waals surface area (Å²) < 4.78 is 0. The van der Waals surface area contributed by atoms with E-state index in [-0.39, 0.29) is 17.4 Å². The predicted octanol–water partition coefficient (Wildman–Crippen LogP) is 1.67. The molecule has 0 spiro atoms. The Morgan fingerprint density at radius 3 is 2.60 bits per heavy atom. The van der Waals surface area contributed by atoms with Crippen LogP contribution in [0.2, 0.25) is 0 Å². The van der Waals surface area contributed by atoms with Crippen molar-refractivity contribution in [2.24, 2.45) is 17.6 Å². The second-order valence-electron chi connectivity index (χ2n) is 5.07. The molecule has 1 aliphatic carbocycles. The number of carbonyl (C=O) groups is 1. The molecule has 0 saturated heterocycles. The molecule has 2 atom stereocenters. The molecule has 1 fully saturated rings. The minimum absolute atomic E-state index is 0.111. The van der Waals surface area contributed by atoms with Gasteiger partial charge >= 0.3 is 0 Å². The van der Waals surface area contributed by atoms with Crippen LogP contribution in [0, 0.1) is 11.8 Å². The maximum atomic E-state index is 11.9. The molecule has 15 heavy (non-hydrogen) atoms. The summed E-state index contributed by atoms with van der Waals surface area (Å²) in [5.74, 6) is 0.872. The standard InChI is InChI=1S/C12H24N2O/c1-4-5-9(2)11(15)14-12(3,8-13)10-6-7-10/h9-10H,4-8,13H2,1-3H3,(H,14,15). The number of nitrogens with one attached hydrogen (secondary N) is 1. The summed E-state index contributed by atoms with van der Waals surface area (Å²) in [6, 6.07) is 0. The van der Waals surface area contributed by atoms with E-state index in [0.717, 1.165) is 12.8 Å². The first-order chi connectivity index (χ1) is 7.03. The zero-order valence-electron chi connectivity index (χ0n) is 10.2. The molecule has 1 aliphatic rings. The van der Waals surface area contributed by atoms with Gasteiger partial charge in [0.05, 0.1) is 5.54 Å². The average Bonchev–Trinajstić information content (AvgIpc) is 3.01. The van der Waals surface area contributed by atoms with E-state index in [2.05, 4.69) is 19.2 Å². The van der Waals surface area contributed by atoms with Crippen molar-refractivity contribution in [1.82, 2.24) is 5.32 Å². The average molecular weight is 212 g/mol. The first-order valence-electron chi connectivity index (χ1n) is 6.05. The van der Waals surface area contributed by atoms with Gasteiger partial charge < -0.3 is 11.1 Å². The van der Waals surface area contributed by atoms with Gasteiger partial charge in [-0.2, -0.15) is 0 Å². The smallest absolute Gasteiger partial charge is 0.223 e. The SMILES string of the molecule is CCCC(C)C(=O)NC(C)(CN)C1CC1. The minimum atomic E-state index is -0.168. The van der Waals surface area contributed by atoms with Crippen LogP contribution >= 0.6 is 0 Å². The largest absolute Gasteiger partial charge is 0.349 e. The molecular formula is C12H24N2O. The lowest BCUT2D eigenvalue weighted by atomic mass is 9.94. The summed E-state index contributed by atoms with van der Waals surface area (Å²) >= 11 is 0. The van der Waals surface area contributed by atoms with Crippen LogP contribution in [0.5, 0.6) is 0 Å². The van der Waals surface area contributed by atoms with Crippen LogP contribution in [0.4, 0.5) is 0 Å². The highest BCUT2D eigenvalue weighted by Gasteiger charge is 2.41. The Labute approximate surface area is 92.8 Å². The van der Waals surface area contributed by atoms with E-state index < -0.39 is 0 Å². The van der Waals surface area contributed by atoms with E-state index in [0.29, 0.717) is 12.5 Å². The van der Waals surface area contributed by atoms with Gasteiger partial charge in [0.2, 0.25) is 5.91 Å². The molecule has 3 nitrogen and oxygen atoms in total. The molecule has 3 N–H and O–H groups in total. The topological polar surface area (TPSA) is 55.1 Å². The summed E-state index contributed by atoms with van der Waals surface area (Å²) in [7, 11) is 0. The molecule has 0 radical (unpaired) electrons. The Bertz CT molecular complexity index is 226. The first kappa shape index (κ1) is 12.5. The molecule has 0 aromatic rings. The highest BCUT2D eigenvalue weighted by atomic mass is 16.2. The highest BCUT2D eigenvalue weighted by molar-refractivity contribution is 5.79. The Kier molecular flexibility index (Phi) is 4.14. The van der Waals surface area contributed by atoms with Gasteiger partial charge in [0.15, 0.2) is 0 Å². The third-order valence-electron chi connectivity index (χ3n) is 3.48. The first-order valence-corrected chi connectivity index (χ1v) is 6.05. The van der Waals surface area contributed by atoms with Gasteiger partial charge in [-0.1, -0.05) is 20.3 Å². The molecule has 2 unspecified atom stereocenters. The maximum absolute atomic E-state index is 11.9. The molecule has 0 aromatic carbocycles. The van der Waals surface area contributed by atoms with E-state index in [1.54, 1.807) is 0 Å². The predicted molar refractivity (Wildman–Crippen MR) is 62.4 cm³/mol. The van der Waals surface area contributed by atoms with Crippen molar-refractivity contribution in [2.75, 3.05) is 6.54 Å². The van der Waals surface area contributed by atoms with Gasteiger partial charge in [0.1, 0.15) is 0 Å². The summed E-state index contributed by atoms with van der Waals surface area (Å²) in [4.78, 5) is 11.9. The van der Waals surface area contributed by atoms with Gasteiger partial charge in [0.25, 0.3) is 0 Å². The number of hydrogen-bond acceptors (Lipinski definition) is 2. The molecule has 88 valence electrons. The van der Waals surface area contributed by atoms with Gasteiger partial charge in [0, 0.05) is 12.5 Å². The van der Waals surface area contributed by atoms with Crippen molar-refractivity contribution in [3.05, 3.63) is 0 Å². The third kappa shape index (κ3) is 3.20. The molecule has 0 heterocycles. The Morgan fingerprint density at radius 1 is 1.60 bits per heavy atom. The number of rotatable bonds is 6. The highest BCUT2D eigenvalue weighted by Crippen LogP contribution is 2.39. The number of carbonyl (C=O) groups excluding carboxylic acids is 1. The van der Waals surface area contributed by atoms with Gasteiger partial charge in [-0.25, -0.2) is 0 Å². The summed E-state index contributed by atoms with van der Waals surface area (Å²) in [6.07, 6.45) is 4.42. The van der Waals surface area contributed by atoms with Crippen LogP contribution in [0.15, 0.2) is 0 Å². The van der Waals surface area contributed by atoms with Crippen LogP contribution in [0.3, 0.4) is 0 Å². The fourth-order valence-electron chi connectivity index (χ4n) is 2.01. The van der Waals surface area contributed by atoms with Gasteiger partial charge in [-0.3, -0.25) is 4.79 Å². The van der Waals surface area contributed by atoms with Crippen LogP contribution in [0.25, 0.3) is 0 Å². The third-order valence-corrected chi connectivity index (χ3v) is 3.48. The molecule has 1 amide bonds. The summed E-state index contributed by atoms with van der Waals surface area (Å²) in [5, 5.41) is 3.13. The molecule has 1 saturated carbocycles. The molecule has 3 heteroatoms. The number of hydrogen-bond donors (Lipinski definition) is 2. The lowest BCUT2D eigenvalue weighted by molar-refractivity contribution is -0.126. The molecule has 0 aromatic heterocycles. The maximum Gasteiger partial charge on any atom is 0.223 e. The van der Waals surface area contributed by atoms with E-state index in [1.165, 1.54) is 12.8 Å². The normalized spacial score (nSPS) is 21.9. The van der Waals surface area contributed by atoms with E-state index >= 15 is 0 Å². The van der Waals surface area contributed by atoms with Gasteiger partial charge in [-0.05, 0) is 32.1 Å². The van der Waals surface area contributed by atoms with Gasteiger partial charge in [-0.15, -0.1) is 0 Å². The van der Waals surface area contributed by atoms with Crippen LogP contribution < -0.4 is 11.1 Å². The van der Waals surface area contributed by atoms with E-state index in [1.807, 2.05) is 6.92 Å². The molecule has 0 aliphatic heterocycles. The van der Waals surface area contributed by atoms with Crippen LogP contribution in [-0.4, -0.2) is 18.0 Å². The van der Waals surface area contributed by atoms with E-state index in [4.69, 9.17) is 5.73 Å². The zero-order chi connectivity index (χ0) is 11.5. The Hall–Kier alpha value is -0.570. The molecular weight excluding hydrogens is 188 g/mol. The Balaban J connectivity index is 2.47. The fraction of sp³-hybridized carbons (Fsp3) is 0.917. The van der Waals surface area contributed by atoms with Crippen molar-refractivity contribution in [2.45, 2.75) is 52.0 Å². The number of amides is 1. The van der Waals surface area contributed by atoms with Crippen molar-refractivity contribution in [1.29, 1.82) is 0 Å². The Morgan fingerprint density at radius 2 is 2.20 bits per heavy atom. The summed E-state index contributed by atoms with van der Waals surface area (Å²) in [6.45, 7) is 6.71. The quantitative estimate of drug-likeness (QED) is 0.703. The minimum Gasteiger partial charge on any atom is -0.349 e. The van der Waals surface area contributed by atoms with E-state index in [9.17, 15) is 4.79 Å². The van der Waals surface area contributed by atoms with Crippen molar-refractivity contribution in [3.8, 4) is 0 Å². The lowest BCUT2D eigenvalue weighted by Gasteiger charge is -2.30. The number of nitrogens with two attached hydrogens (primary N) is 1.